The number of hydrogen-bond acceptors (Lipinski definition) is 5. The summed E-state index contributed by atoms with van der Waals surface area (Å²) >= 11 is 0. The minimum atomic E-state index is -0.517. The highest BCUT2D eigenvalue weighted by Gasteiger charge is 2.24. The van der Waals surface area contributed by atoms with Crippen LogP contribution in [0, 0.1) is 5.41 Å². The third kappa shape index (κ3) is 4.14. The van der Waals surface area contributed by atoms with Gasteiger partial charge in [0.05, 0.1) is 19.8 Å². The second-order valence-electron chi connectivity index (χ2n) is 5.84. The maximum absolute atomic E-state index is 9.33. The van der Waals surface area contributed by atoms with Gasteiger partial charge in [0.1, 0.15) is 5.69 Å². The molecule has 5 nitrogen and oxygen atoms in total. The Hall–Kier alpha value is -1.69. The van der Waals surface area contributed by atoms with E-state index in [1.807, 2.05) is 55.3 Å². The molecule has 0 amide bonds. The molecule has 2 aromatic rings. The zero-order valence-electron chi connectivity index (χ0n) is 12.5. The molecule has 1 heterocycles. The zero-order valence-corrected chi connectivity index (χ0v) is 12.5. The number of hydrogen-bond donors (Lipinski definition) is 2. The molecule has 0 atom stereocenters. The number of aromatic nitrogens is 1. The van der Waals surface area contributed by atoms with Gasteiger partial charge in [0, 0.05) is 23.6 Å². The number of aliphatic hydroxyl groups excluding tert-OH is 2. The average Bonchev–Trinajstić information content (AvgIpc) is 2.96. The molecule has 2 N–H and O–H groups in total. The summed E-state index contributed by atoms with van der Waals surface area (Å²) in [6.45, 7) is 2.88. The van der Waals surface area contributed by atoms with Crippen LogP contribution < -0.4 is 0 Å². The largest absolute Gasteiger partial charge is 0.396 e. The van der Waals surface area contributed by atoms with Crippen molar-refractivity contribution in [2.24, 2.45) is 5.41 Å². The molecule has 0 aliphatic carbocycles. The predicted molar refractivity (Wildman–Crippen MR) is 80.6 cm³/mol. The van der Waals surface area contributed by atoms with E-state index in [1.165, 1.54) is 0 Å². The van der Waals surface area contributed by atoms with Gasteiger partial charge in [-0.2, -0.15) is 0 Å². The molecule has 21 heavy (non-hydrogen) atoms. The van der Waals surface area contributed by atoms with Crippen molar-refractivity contribution in [2.75, 3.05) is 26.8 Å². The normalized spacial score (nSPS) is 12.0. The lowest BCUT2D eigenvalue weighted by atomic mass is 9.92. The van der Waals surface area contributed by atoms with Crippen molar-refractivity contribution in [2.45, 2.75) is 13.5 Å². The van der Waals surface area contributed by atoms with Crippen molar-refractivity contribution in [1.29, 1.82) is 0 Å². The monoisotopic (exact) mass is 290 g/mol. The fourth-order valence-electron chi connectivity index (χ4n) is 2.26. The third-order valence-corrected chi connectivity index (χ3v) is 3.47. The summed E-state index contributed by atoms with van der Waals surface area (Å²) in [6.07, 6.45) is 0. The number of nitrogens with zero attached hydrogens (tertiary/aromatic N) is 2. The molecule has 0 radical (unpaired) electrons. The summed E-state index contributed by atoms with van der Waals surface area (Å²) in [6, 6.07) is 11.8. The Balaban J connectivity index is 1.99. The molecule has 0 bridgehead atoms. The minimum absolute atomic E-state index is 0.0560. The van der Waals surface area contributed by atoms with Gasteiger partial charge in [-0.05, 0) is 7.05 Å². The van der Waals surface area contributed by atoms with E-state index in [4.69, 9.17) is 4.52 Å². The van der Waals surface area contributed by atoms with Gasteiger partial charge in [-0.25, -0.2) is 0 Å². The first-order valence-corrected chi connectivity index (χ1v) is 6.97. The number of aliphatic hydroxyl groups is 2. The summed E-state index contributed by atoms with van der Waals surface area (Å²) in [4.78, 5) is 2.00. The van der Waals surface area contributed by atoms with Crippen molar-refractivity contribution in [3.63, 3.8) is 0 Å². The lowest BCUT2D eigenvalue weighted by molar-refractivity contribution is 0.0382. The topological polar surface area (TPSA) is 69.7 Å². The van der Waals surface area contributed by atoms with Gasteiger partial charge in [-0.15, -0.1) is 0 Å². The first-order valence-electron chi connectivity index (χ1n) is 6.97. The summed E-state index contributed by atoms with van der Waals surface area (Å²) < 4.78 is 5.35. The Morgan fingerprint density at radius 1 is 1.19 bits per heavy atom. The van der Waals surface area contributed by atoms with Crippen molar-refractivity contribution >= 4 is 0 Å². The molecule has 1 aromatic heterocycles. The van der Waals surface area contributed by atoms with Crippen LogP contribution in [0.2, 0.25) is 0 Å². The van der Waals surface area contributed by atoms with Crippen LogP contribution >= 0.6 is 0 Å². The lowest BCUT2D eigenvalue weighted by Crippen LogP contribution is -2.38. The molecular weight excluding hydrogens is 268 g/mol. The molecule has 0 fully saturated rings. The molecule has 0 spiro atoms. The van der Waals surface area contributed by atoms with Gasteiger partial charge in [-0.3, -0.25) is 4.90 Å². The molecule has 1 aromatic carbocycles. The zero-order chi connectivity index (χ0) is 15.3. The van der Waals surface area contributed by atoms with Gasteiger partial charge >= 0.3 is 0 Å². The predicted octanol–water partition coefficient (Wildman–Crippen LogP) is 1.76. The molecule has 0 aliphatic rings. The van der Waals surface area contributed by atoms with E-state index in [9.17, 15) is 10.2 Å². The molecule has 5 heteroatoms. The van der Waals surface area contributed by atoms with Crippen LogP contribution in [0.5, 0.6) is 0 Å². The SMILES string of the molecule is CN(Cc1cc(-c2ccccc2)no1)CC(C)(CO)CO. The fourth-order valence-corrected chi connectivity index (χ4v) is 2.26. The number of benzene rings is 1. The van der Waals surface area contributed by atoms with Gasteiger partial charge in [0.15, 0.2) is 5.76 Å². The highest BCUT2D eigenvalue weighted by atomic mass is 16.5. The van der Waals surface area contributed by atoms with Crippen LogP contribution in [0.15, 0.2) is 40.9 Å². The Kier molecular flexibility index (Phi) is 5.12. The molecular formula is C16H22N2O3. The molecule has 2 rings (SSSR count). The third-order valence-electron chi connectivity index (χ3n) is 3.47. The van der Waals surface area contributed by atoms with Gasteiger partial charge in [0.2, 0.25) is 0 Å². The second-order valence-corrected chi connectivity index (χ2v) is 5.84. The summed E-state index contributed by atoms with van der Waals surface area (Å²) in [7, 11) is 1.92. The quantitative estimate of drug-likeness (QED) is 0.813. The van der Waals surface area contributed by atoms with Crippen LogP contribution in [-0.4, -0.2) is 47.1 Å². The van der Waals surface area contributed by atoms with Crippen LogP contribution in [0.3, 0.4) is 0 Å². The standard InChI is InChI=1S/C16H22N2O3/c1-16(11-19,12-20)10-18(2)9-14-8-15(17-21-14)13-6-4-3-5-7-13/h3-8,19-20H,9-12H2,1-2H3. The first kappa shape index (κ1) is 15.7. The van der Waals surface area contributed by atoms with E-state index in [1.54, 1.807) is 0 Å². The summed E-state index contributed by atoms with van der Waals surface area (Å²) in [5, 5.41) is 22.7. The smallest absolute Gasteiger partial charge is 0.151 e. The van der Waals surface area contributed by atoms with Crippen molar-refractivity contribution in [1.82, 2.24) is 10.1 Å². The second kappa shape index (κ2) is 6.85. The van der Waals surface area contributed by atoms with Crippen LogP contribution in [0.25, 0.3) is 11.3 Å². The van der Waals surface area contributed by atoms with Crippen molar-refractivity contribution < 1.29 is 14.7 Å². The average molecular weight is 290 g/mol. The van der Waals surface area contributed by atoms with Gasteiger partial charge in [0.25, 0.3) is 0 Å². The van der Waals surface area contributed by atoms with E-state index in [2.05, 4.69) is 5.16 Å². The van der Waals surface area contributed by atoms with E-state index in [0.717, 1.165) is 17.0 Å². The van der Waals surface area contributed by atoms with E-state index in [0.29, 0.717) is 13.1 Å². The summed E-state index contributed by atoms with van der Waals surface area (Å²) in [5.41, 5.74) is 1.31. The maximum Gasteiger partial charge on any atom is 0.151 e. The minimum Gasteiger partial charge on any atom is -0.396 e. The van der Waals surface area contributed by atoms with E-state index < -0.39 is 5.41 Å². The van der Waals surface area contributed by atoms with E-state index in [-0.39, 0.29) is 13.2 Å². The number of rotatable bonds is 7. The summed E-state index contributed by atoms with van der Waals surface area (Å²) in [5.74, 6) is 0.759. The first-order chi connectivity index (χ1) is 10.1. The Morgan fingerprint density at radius 3 is 2.48 bits per heavy atom. The Morgan fingerprint density at radius 2 is 1.86 bits per heavy atom. The fraction of sp³-hybridized carbons (Fsp3) is 0.438. The lowest BCUT2D eigenvalue weighted by Gasteiger charge is -2.29. The highest BCUT2D eigenvalue weighted by Crippen LogP contribution is 2.21. The van der Waals surface area contributed by atoms with Crippen molar-refractivity contribution in [3.05, 3.63) is 42.2 Å². The van der Waals surface area contributed by atoms with Crippen LogP contribution in [-0.2, 0) is 6.54 Å². The van der Waals surface area contributed by atoms with Gasteiger partial charge < -0.3 is 14.7 Å². The highest BCUT2D eigenvalue weighted by molar-refractivity contribution is 5.58. The molecule has 0 saturated heterocycles. The van der Waals surface area contributed by atoms with Crippen molar-refractivity contribution in [3.8, 4) is 11.3 Å². The maximum atomic E-state index is 9.33. The molecule has 114 valence electrons. The van der Waals surface area contributed by atoms with E-state index >= 15 is 0 Å². The Bertz CT molecular complexity index is 550. The molecule has 0 aliphatic heterocycles. The molecule has 0 unspecified atom stereocenters. The van der Waals surface area contributed by atoms with Gasteiger partial charge in [-0.1, -0.05) is 42.4 Å². The Labute approximate surface area is 124 Å². The van der Waals surface area contributed by atoms with Crippen LogP contribution in [0.4, 0.5) is 0 Å². The molecule has 0 saturated carbocycles. The van der Waals surface area contributed by atoms with Crippen LogP contribution in [0.1, 0.15) is 12.7 Å².